The molecule has 0 saturated heterocycles. The van der Waals surface area contributed by atoms with Crippen LogP contribution >= 0.6 is 11.6 Å². The molecule has 0 amide bonds. The molecule has 0 aliphatic carbocycles. The summed E-state index contributed by atoms with van der Waals surface area (Å²) in [4.78, 5) is 0. The number of halogens is 1. The first-order valence-electron chi connectivity index (χ1n) is 5.81. The molecule has 1 aromatic carbocycles. The average Bonchev–Trinajstić information content (AvgIpc) is 2.57. The minimum atomic E-state index is -0.0257. The highest BCUT2D eigenvalue weighted by atomic mass is 35.5. The van der Waals surface area contributed by atoms with E-state index in [1.165, 1.54) is 10.9 Å². The summed E-state index contributed by atoms with van der Waals surface area (Å²) in [5.41, 5.74) is 2.38. The van der Waals surface area contributed by atoms with Crippen molar-refractivity contribution in [2.75, 3.05) is 6.61 Å². The normalized spacial score (nSPS) is 12.3. The largest absolute Gasteiger partial charge is 0.396 e. The van der Waals surface area contributed by atoms with Crippen molar-refractivity contribution < 1.29 is 5.11 Å². The lowest BCUT2D eigenvalue weighted by atomic mass is 9.82. The molecule has 1 N–H and O–H groups in total. The SMILES string of the molecule is Cn1cc(C(C)(C)CCO)c2ccc(Cl)cc21. The van der Waals surface area contributed by atoms with Gasteiger partial charge in [-0.3, -0.25) is 0 Å². The molecular weight excluding hydrogens is 234 g/mol. The third-order valence-electron chi connectivity index (χ3n) is 3.42. The second-order valence-corrected chi connectivity index (χ2v) is 5.61. The summed E-state index contributed by atoms with van der Waals surface area (Å²) >= 11 is 6.02. The predicted molar refractivity (Wildman–Crippen MR) is 72.7 cm³/mol. The molecule has 0 saturated carbocycles. The summed E-state index contributed by atoms with van der Waals surface area (Å²) in [5.74, 6) is 0. The van der Waals surface area contributed by atoms with Crippen LogP contribution in [0.3, 0.4) is 0 Å². The van der Waals surface area contributed by atoms with Gasteiger partial charge in [0, 0.05) is 35.8 Å². The van der Waals surface area contributed by atoms with E-state index in [-0.39, 0.29) is 12.0 Å². The summed E-state index contributed by atoms with van der Waals surface area (Å²) in [6, 6.07) is 5.96. The van der Waals surface area contributed by atoms with Gasteiger partial charge in [0.1, 0.15) is 0 Å². The molecule has 2 rings (SSSR count). The Morgan fingerprint density at radius 2 is 2.06 bits per heavy atom. The number of aliphatic hydroxyl groups is 1. The second-order valence-electron chi connectivity index (χ2n) is 5.17. The number of nitrogens with zero attached hydrogens (tertiary/aromatic N) is 1. The van der Waals surface area contributed by atoms with Crippen LogP contribution in [0, 0.1) is 0 Å². The lowest BCUT2D eigenvalue weighted by Gasteiger charge is -2.23. The summed E-state index contributed by atoms with van der Waals surface area (Å²) in [5, 5.41) is 11.1. The fourth-order valence-electron chi connectivity index (χ4n) is 2.31. The van der Waals surface area contributed by atoms with Gasteiger partial charge in [-0.05, 0) is 29.5 Å². The first-order valence-corrected chi connectivity index (χ1v) is 6.19. The van der Waals surface area contributed by atoms with Gasteiger partial charge in [0.05, 0.1) is 0 Å². The van der Waals surface area contributed by atoms with Crippen LogP contribution in [0.25, 0.3) is 10.9 Å². The van der Waals surface area contributed by atoms with Gasteiger partial charge < -0.3 is 9.67 Å². The lowest BCUT2D eigenvalue weighted by Crippen LogP contribution is -2.18. The molecule has 0 aliphatic heterocycles. The summed E-state index contributed by atoms with van der Waals surface area (Å²) in [7, 11) is 2.02. The van der Waals surface area contributed by atoms with Crippen molar-refractivity contribution in [2.45, 2.75) is 25.7 Å². The van der Waals surface area contributed by atoms with Crippen LogP contribution in [0.2, 0.25) is 5.02 Å². The molecule has 2 nitrogen and oxygen atoms in total. The summed E-state index contributed by atoms with van der Waals surface area (Å²) < 4.78 is 2.09. The molecule has 92 valence electrons. The predicted octanol–water partition coefficient (Wildman–Crippen LogP) is 3.49. The van der Waals surface area contributed by atoms with Crippen molar-refractivity contribution in [3.8, 4) is 0 Å². The van der Waals surface area contributed by atoms with E-state index in [1.807, 2.05) is 19.2 Å². The quantitative estimate of drug-likeness (QED) is 0.888. The van der Waals surface area contributed by atoms with Gasteiger partial charge in [-0.25, -0.2) is 0 Å². The van der Waals surface area contributed by atoms with Crippen LogP contribution < -0.4 is 0 Å². The van der Waals surface area contributed by atoms with Crippen molar-refractivity contribution in [1.82, 2.24) is 4.57 Å². The highest BCUT2D eigenvalue weighted by molar-refractivity contribution is 6.31. The Balaban J connectivity index is 2.63. The van der Waals surface area contributed by atoms with Crippen molar-refractivity contribution in [2.24, 2.45) is 7.05 Å². The zero-order valence-corrected chi connectivity index (χ0v) is 11.3. The number of benzene rings is 1. The Hall–Kier alpha value is -0.990. The topological polar surface area (TPSA) is 25.2 Å². The number of aliphatic hydroxyl groups excluding tert-OH is 1. The third-order valence-corrected chi connectivity index (χ3v) is 3.65. The van der Waals surface area contributed by atoms with Crippen LogP contribution in [0.4, 0.5) is 0 Å². The monoisotopic (exact) mass is 251 g/mol. The van der Waals surface area contributed by atoms with Gasteiger partial charge >= 0.3 is 0 Å². The molecule has 0 fully saturated rings. The van der Waals surface area contributed by atoms with Gasteiger partial charge in [-0.1, -0.05) is 31.5 Å². The van der Waals surface area contributed by atoms with E-state index in [2.05, 4.69) is 30.7 Å². The molecule has 0 radical (unpaired) electrons. The average molecular weight is 252 g/mol. The van der Waals surface area contributed by atoms with Crippen LogP contribution in [0.1, 0.15) is 25.8 Å². The van der Waals surface area contributed by atoms with E-state index < -0.39 is 0 Å². The number of rotatable bonds is 3. The standard InChI is InChI=1S/C14H18ClNO/c1-14(2,6-7-17)12-9-16(3)13-8-10(15)4-5-11(12)13/h4-5,8-9,17H,6-7H2,1-3H3. The molecule has 0 bridgehead atoms. The minimum absolute atomic E-state index is 0.0257. The van der Waals surface area contributed by atoms with E-state index >= 15 is 0 Å². The van der Waals surface area contributed by atoms with Gasteiger partial charge in [0.15, 0.2) is 0 Å². The summed E-state index contributed by atoms with van der Waals surface area (Å²) in [6.45, 7) is 4.52. The maximum atomic E-state index is 9.16. The zero-order chi connectivity index (χ0) is 12.6. The first kappa shape index (κ1) is 12.5. The maximum Gasteiger partial charge on any atom is 0.0495 e. The Morgan fingerprint density at radius 3 is 2.71 bits per heavy atom. The van der Waals surface area contributed by atoms with Crippen LogP contribution in [0.15, 0.2) is 24.4 Å². The van der Waals surface area contributed by atoms with Gasteiger partial charge in [0.25, 0.3) is 0 Å². The number of hydrogen-bond donors (Lipinski definition) is 1. The first-order chi connectivity index (χ1) is 7.95. The molecular formula is C14H18ClNO. The fraction of sp³-hybridized carbons (Fsp3) is 0.429. The molecule has 0 unspecified atom stereocenters. The molecule has 2 aromatic rings. The number of hydrogen-bond acceptors (Lipinski definition) is 1. The van der Waals surface area contributed by atoms with Gasteiger partial charge in [0.2, 0.25) is 0 Å². The Morgan fingerprint density at radius 1 is 1.35 bits per heavy atom. The highest BCUT2D eigenvalue weighted by Gasteiger charge is 2.24. The van der Waals surface area contributed by atoms with Crippen molar-refractivity contribution in [1.29, 1.82) is 0 Å². The Kier molecular flexibility index (Phi) is 3.19. The van der Waals surface area contributed by atoms with Crippen molar-refractivity contribution in [3.63, 3.8) is 0 Å². The zero-order valence-electron chi connectivity index (χ0n) is 10.5. The smallest absolute Gasteiger partial charge is 0.0495 e. The van der Waals surface area contributed by atoms with Crippen LogP contribution in [-0.4, -0.2) is 16.3 Å². The van der Waals surface area contributed by atoms with E-state index in [4.69, 9.17) is 16.7 Å². The van der Waals surface area contributed by atoms with E-state index in [1.54, 1.807) is 0 Å². The molecule has 1 aromatic heterocycles. The van der Waals surface area contributed by atoms with E-state index in [0.29, 0.717) is 0 Å². The maximum absolute atomic E-state index is 9.16. The lowest BCUT2D eigenvalue weighted by molar-refractivity contribution is 0.253. The molecule has 1 heterocycles. The van der Waals surface area contributed by atoms with Gasteiger partial charge in [-0.15, -0.1) is 0 Å². The number of fused-ring (bicyclic) bond motifs is 1. The van der Waals surface area contributed by atoms with Crippen molar-refractivity contribution >= 4 is 22.5 Å². The van der Waals surface area contributed by atoms with Crippen LogP contribution in [0.5, 0.6) is 0 Å². The molecule has 17 heavy (non-hydrogen) atoms. The summed E-state index contributed by atoms with van der Waals surface area (Å²) in [6.07, 6.45) is 2.89. The number of aryl methyl sites for hydroxylation is 1. The second kappa shape index (κ2) is 4.35. The third kappa shape index (κ3) is 2.20. The fourth-order valence-corrected chi connectivity index (χ4v) is 2.48. The van der Waals surface area contributed by atoms with Crippen molar-refractivity contribution in [3.05, 3.63) is 35.0 Å². The minimum Gasteiger partial charge on any atom is -0.396 e. The van der Waals surface area contributed by atoms with Gasteiger partial charge in [-0.2, -0.15) is 0 Å². The Bertz CT molecular complexity index is 542. The van der Waals surface area contributed by atoms with Crippen LogP contribution in [-0.2, 0) is 12.5 Å². The molecule has 3 heteroatoms. The molecule has 0 spiro atoms. The molecule has 0 aliphatic rings. The molecule has 0 atom stereocenters. The van der Waals surface area contributed by atoms with E-state index in [0.717, 1.165) is 17.0 Å². The number of aromatic nitrogens is 1. The Labute approximate surface area is 107 Å². The van der Waals surface area contributed by atoms with E-state index in [9.17, 15) is 0 Å². The highest BCUT2D eigenvalue weighted by Crippen LogP contribution is 2.34.